The standard InChI is InChI=1S/C14H18BrNO3/c1-18-12-6-10(7-13(8-12)19-2)14(17)16-5-3-4-11(15)9-16/h6-8,11H,3-5,9H2,1-2H3. The molecule has 0 aliphatic carbocycles. The first-order valence-electron chi connectivity index (χ1n) is 6.30. The second-order valence-electron chi connectivity index (χ2n) is 4.59. The Morgan fingerprint density at radius 1 is 1.26 bits per heavy atom. The summed E-state index contributed by atoms with van der Waals surface area (Å²) in [5, 5.41) is 0. The lowest BCUT2D eigenvalue weighted by atomic mass is 10.1. The molecular formula is C14H18BrNO3. The summed E-state index contributed by atoms with van der Waals surface area (Å²) in [6, 6.07) is 5.27. The van der Waals surface area contributed by atoms with Crippen LogP contribution in [0.15, 0.2) is 18.2 Å². The molecule has 1 atom stereocenters. The van der Waals surface area contributed by atoms with Crippen molar-refractivity contribution in [2.75, 3.05) is 27.3 Å². The highest BCUT2D eigenvalue weighted by molar-refractivity contribution is 9.09. The number of piperidine rings is 1. The number of carbonyl (C=O) groups excluding carboxylic acids is 1. The predicted octanol–water partition coefficient (Wildman–Crippen LogP) is 2.70. The average molecular weight is 328 g/mol. The number of amides is 1. The summed E-state index contributed by atoms with van der Waals surface area (Å²) in [6.45, 7) is 1.55. The molecule has 2 rings (SSSR count). The SMILES string of the molecule is COc1cc(OC)cc(C(=O)N2CCCC(Br)C2)c1. The van der Waals surface area contributed by atoms with Crippen LogP contribution < -0.4 is 9.47 Å². The van der Waals surface area contributed by atoms with E-state index < -0.39 is 0 Å². The monoisotopic (exact) mass is 327 g/mol. The third-order valence-corrected chi connectivity index (χ3v) is 4.00. The van der Waals surface area contributed by atoms with Crippen LogP contribution in [0, 0.1) is 0 Å². The topological polar surface area (TPSA) is 38.8 Å². The Balaban J connectivity index is 2.22. The van der Waals surface area contributed by atoms with Crippen molar-refractivity contribution in [3.05, 3.63) is 23.8 Å². The van der Waals surface area contributed by atoms with Gasteiger partial charge in [-0.3, -0.25) is 4.79 Å². The van der Waals surface area contributed by atoms with Gasteiger partial charge in [0, 0.05) is 29.5 Å². The van der Waals surface area contributed by atoms with E-state index in [1.807, 2.05) is 4.90 Å². The van der Waals surface area contributed by atoms with Crippen LogP contribution in [0.1, 0.15) is 23.2 Å². The number of carbonyl (C=O) groups is 1. The number of methoxy groups -OCH3 is 2. The Kier molecular flexibility index (Phi) is 4.69. The molecule has 1 aliphatic rings. The smallest absolute Gasteiger partial charge is 0.254 e. The summed E-state index contributed by atoms with van der Waals surface area (Å²) >= 11 is 3.58. The molecule has 0 aromatic heterocycles. The molecular weight excluding hydrogens is 310 g/mol. The largest absolute Gasteiger partial charge is 0.497 e. The molecule has 0 spiro atoms. The van der Waals surface area contributed by atoms with Gasteiger partial charge in [0.25, 0.3) is 5.91 Å². The number of likely N-dealkylation sites (tertiary alicyclic amines) is 1. The van der Waals surface area contributed by atoms with E-state index in [0.29, 0.717) is 21.9 Å². The minimum atomic E-state index is 0.0290. The minimum Gasteiger partial charge on any atom is -0.497 e. The molecule has 1 aromatic carbocycles. The lowest BCUT2D eigenvalue weighted by Crippen LogP contribution is -2.40. The van der Waals surface area contributed by atoms with E-state index in [-0.39, 0.29) is 5.91 Å². The zero-order valence-electron chi connectivity index (χ0n) is 11.2. The van der Waals surface area contributed by atoms with Gasteiger partial charge in [-0.25, -0.2) is 0 Å². The molecule has 1 aliphatic heterocycles. The molecule has 19 heavy (non-hydrogen) atoms. The van der Waals surface area contributed by atoms with E-state index in [1.54, 1.807) is 32.4 Å². The summed E-state index contributed by atoms with van der Waals surface area (Å²) in [4.78, 5) is 14.7. The molecule has 104 valence electrons. The second kappa shape index (κ2) is 6.28. The second-order valence-corrected chi connectivity index (χ2v) is 5.89. The van der Waals surface area contributed by atoms with Gasteiger partial charge in [0.2, 0.25) is 0 Å². The van der Waals surface area contributed by atoms with Crippen LogP contribution >= 0.6 is 15.9 Å². The van der Waals surface area contributed by atoms with Gasteiger partial charge < -0.3 is 14.4 Å². The van der Waals surface area contributed by atoms with Gasteiger partial charge in [-0.05, 0) is 25.0 Å². The number of rotatable bonds is 3. The number of hydrogen-bond acceptors (Lipinski definition) is 3. The molecule has 0 radical (unpaired) electrons. The van der Waals surface area contributed by atoms with Gasteiger partial charge in [-0.1, -0.05) is 15.9 Å². The van der Waals surface area contributed by atoms with Crippen molar-refractivity contribution in [3.8, 4) is 11.5 Å². The Bertz CT molecular complexity index is 442. The van der Waals surface area contributed by atoms with E-state index >= 15 is 0 Å². The van der Waals surface area contributed by atoms with Crippen molar-refractivity contribution >= 4 is 21.8 Å². The first-order valence-corrected chi connectivity index (χ1v) is 7.22. The molecule has 0 N–H and O–H groups in total. The summed E-state index contributed by atoms with van der Waals surface area (Å²) < 4.78 is 10.4. The first kappa shape index (κ1) is 14.2. The van der Waals surface area contributed by atoms with Crippen LogP contribution in [0.5, 0.6) is 11.5 Å². The Morgan fingerprint density at radius 2 is 1.89 bits per heavy atom. The fourth-order valence-corrected chi connectivity index (χ4v) is 2.90. The van der Waals surface area contributed by atoms with E-state index in [4.69, 9.17) is 9.47 Å². The van der Waals surface area contributed by atoms with Crippen LogP contribution in [0.2, 0.25) is 0 Å². The molecule has 5 heteroatoms. The van der Waals surface area contributed by atoms with E-state index in [1.165, 1.54) is 0 Å². The van der Waals surface area contributed by atoms with Crippen LogP contribution in [-0.2, 0) is 0 Å². The lowest BCUT2D eigenvalue weighted by Gasteiger charge is -2.30. The minimum absolute atomic E-state index is 0.0290. The molecule has 0 saturated carbocycles. The number of benzene rings is 1. The highest BCUT2D eigenvalue weighted by Crippen LogP contribution is 2.25. The maximum atomic E-state index is 12.5. The van der Waals surface area contributed by atoms with Gasteiger partial charge in [0.05, 0.1) is 14.2 Å². The summed E-state index contributed by atoms with van der Waals surface area (Å²) in [7, 11) is 3.16. The van der Waals surface area contributed by atoms with Crippen LogP contribution in [0.3, 0.4) is 0 Å². The van der Waals surface area contributed by atoms with Gasteiger partial charge >= 0.3 is 0 Å². The maximum Gasteiger partial charge on any atom is 0.254 e. The third-order valence-electron chi connectivity index (χ3n) is 3.25. The maximum absolute atomic E-state index is 12.5. The van der Waals surface area contributed by atoms with Crippen molar-refractivity contribution in [2.45, 2.75) is 17.7 Å². The highest BCUT2D eigenvalue weighted by atomic mass is 79.9. The highest BCUT2D eigenvalue weighted by Gasteiger charge is 2.23. The average Bonchev–Trinajstić information content (AvgIpc) is 2.45. The number of hydrogen-bond donors (Lipinski definition) is 0. The van der Waals surface area contributed by atoms with Crippen LogP contribution in [0.4, 0.5) is 0 Å². The molecule has 1 saturated heterocycles. The molecule has 0 bridgehead atoms. The zero-order valence-corrected chi connectivity index (χ0v) is 12.8. The molecule has 1 heterocycles. The van der Waals surface area contributed by atoms with Crippen molar-refractivity contribution in [1.82, 2.24) is 4.90 Å². The predicted molar refractivity (Wildman–Crippen MR) is 77.4 cm³/mol. The van der Waals surface area contributed by atoms with E-state index in [2.05, 4.69) is 15.9 Å². The summed E-state index contributed by atoms with van der Waals surface area (Å²) in [6.07, 6.45) is 2.15. The fraction of sp³-hybridized carbons (Fsp3) is 0.500. The summed E-state index contributed by atoms with van der Waals surface area (Å²) in [5.74, 6) is 1.30. The van der Waals surface area contributed by atoms with Gasteiger partial charge in [-0.15, -0.1) is 0 Å². The Morgan fingerprint density at radius 3 is 2.42 bits per heavy atom. The van der Waals surface area contributed by atoms with Gasteiger partial charge in [-0.2, -0.15) is 0 Å². The number of nitrogens with zero attached hydrogens (tertiary/aromatic N) is 1. The van der Waals surface area contributed by atoms with E-state index in [9.17, 15) is 4.79 Å². The quantitative estimate of drug-likeness (QED) is 0.801. The van der Waals surface area contributed by atoms with Gasteiger partial charge in [0.15, 0.2) is 0 Å². The number of ether oxygens (including phenoxy) is 2. The Labute approximate surface area is 121 Å². The molecule has 1 amide bonds. The molecule has 1 aromatic rings. The van der Waals surface area contributed by atoms with Gasteiger partial charge in [0.1, 0.15) is 11.5 Å². The molecule has 1 unspecified atom stereocenters. The van der Waals surface area contributed by atoms with Crippen LogP contribution in [-0.4, -0.2) is 42.9 Å². The number of alkyl halides is 1. The Hall–Kier alpha value is -1.23. The molecule has 4 nitrogen and oxygen atoms in total. The fourth-order valence-electron chi connectivity index (χ4n) is 2.22. The van der Waals surface area contributed by atoms with Crippen LogP contribution in [0.25, 0.3) is 0 Å². The van der Waals surface area contributed by atoms with Crippen molar-refractivity contribution < 1.29 is 14.3 Å². The van der Waals surface area contributed by atoms with Crippen molar-refractivity contribution in [2.24, 2.45) is 0 Å². The lowest BCUT2D eigenvalue weighted by molar-refractivity contribution is 0.0729. The number of halogens is 1. The normalized spacial score (nSPS) is 19.1. The third kappa shape index (κ3) is 3.41. The van der Waals surface area contributed by atoms with E-state index in [0.717, 1.165) is 25.9 Å². The zero-order chi connectivity index (χ0) is 13.8. The van der Waals surface area contributed by atoms with Crippen molar-refractivity contribution in [3.63, 3.8) is 0 Å². The first-order chi connectivity index (χ1) is 9.13. The summed E-state index contributed by atoms with van der Waals surface area (Å²) in [5.41, 5.74) is 0.609. The van der Waals surface area contributed by atoms with Crippen molar-refractivity contribution in [1.29, 1.82) is 0 Å². The molecule has 1 fully saturated rings.